The summed E-state index contributed by atoms with van der Waals surface area (Å²) >= 11 is 0. The van der Waals surface area contributed by atoms with Crippen molar-refractivity contribution in [2.45, 2.75) is 12.5 Å². The van der Waals surface area contributed by atoms with Crippen molar-refractivity contribution in [2.75, 3.05) is 13.7 Å². The van der Waals surface area contributed by atoms with E-state index in [9.17, 15) is 4.79 Å². The largest absolute Gasteiger partial charge is 0.468 e. The Hall–Kier alpha value is -0.280. The number of halogens is 1. The quantitative estimate of drug-likeness (QED) is 0.534. The zero-order chi connectivity index (χ0) is 5.98. The van der Waals surface area contributed by atoms with Crippen molar-refractivity contribution in [3.05, 3.63) is 0 Å². The Balaban J connectivity index is 0.000000640. The SMILES string of the molecule is COC(=O)[C@H]1CCN1.Cl. The number of esters is 1. The first-order valence-electron chi connectivity index (χ1n) is 2.66. The molecule has 0 aromatic carbocycles. The molecule has 1 aliphatic rings. The smallest absolute Gasteiger partial charge is 0.322 e. The zero-order valence-electron chi connectivity index (χ0n) is 5.22. The van der Waals surface area contributed by atoms with E-state index < -0.39 is 0 Å². The number of rotatable bonds is 1. The Bertz CT molecular complexity index is 103. The van der Waals surface area contributed by atoms with Crippen LogP contribution in [-0.4, -0.2) is 25.7 Å². The molecule has 54 valence electrons. The van der Waals surface area contributed by atoms with E-state index in [2.05, 4.69) is 10.1 Å². The molecule has 0 aromatic rings. The second-order valence-electron chi connectivity index (χ2n) is 1.82. The molecule has 1 rings (SSSR count). The van der Waals surface area contributed by atoms with Gasteiger partial charge in [0.2, 0.25) is 0 Å². The molecule has 0 unspecified atom stereocenters. The van der Waals surface area contributed by atoms with E-state index in [1.54, 1.807) is 0 Å². The monoisotopic (exact) mass is 151 g/mol. The Kier molecular flexibility index (Phi) is 3.58. The molecule has 4 heteroatoms. The minimum absolute atomic E-state index is 0. The molecular weight excluding hydrogens is 142 g/mol. The van der Waals surface area contributed by atoms with Gasteiger partial charge in [-0.3, -0.25) is 4.79 Å². The summed E-state index contributed by atoms with van der Waals surface area (Å²) in [6.07, 6.45) is 0.923. The van der Waals surface area contributed by atoms with Crippen LogP contribution >= 0.6 is 12.4 Å². The van der Waals surface area contributed by atoms with Crippen LogP contribution in [0.15, 0.2) is 0 Å². The van der Waals surface area contributed by atoms with Gasteiger partial charge >= 0.3 is 5.97 Å². The molecule has 0 bridgehead atoms. The lowest BCUT2D eigenvalue weighted by atomic mass is 10.1. The van der Waals surface area contributed by atoms with E-state index in [1.165, 1.54) is 7.11 Å². The van der Waals surface area contributed by atoms with Crippen molar-refractivity contribution in [2.24, 2.45) is 0 Å². The maximum Gasteiger partial charge on any atom is 0.322 e. The van der Waals surface area contributed by atoms with Crippen LogP contribution in [0.4, 0.5) is 0 Å². The van der Waals surface area contributed by atoms with Crippen LogP contribution in [0.3, 0.4) is 0 Å². The molecule has 0 aromatic heterocycles. The van der Waals surface area contributed by atoms with Gasteiger partial charge in [0.05, 0.1) is 7.11 Å². The van der Waals surface area contributed by atoms with Crippen LogP contribution in [0.5, 0.6) is 0 Å². The summed E-state index contributed by atoms with van der Waals surface area (Å²) in [6.45, 7) is 0.944. The third-order valence-corrected chi connectivity index (χ3v) is 1.31. The fourth-order valence-electron chi connectivity index (χ4n) is 0.632. The van der Waals surface area contributed by atoms with Crippen molar-refractivity contribution in [3.63, 3.8) is 0 Å². The van der Waals surface area contributed by atoms with Crippen molar-refractivity contribution in [3.8, 4) is 0 Å². The highest BCUT2D eigenvalue weighted by Gasteiger charge is 2.24. The van der Waals surface area contributed by atoms with E-state index in [0.717, 1.165) is 13.0 Å². The highest BCUT2D eigenvalue weighted by molar-refractivity contribution is 5.85. The van der Waals surface area contributed by atoms with Gasteiger partial charge < -0.3 is 10.1 Å². The van der Waals surface area contributed by atoms with Gasteiger partial charge in [-0.2, -0.15) is 0 Å². The second-order valence-corrected chi connectivity index (χ2v) is 1.82. The fraction of sp³-hybridized carbons (Fsp3) is 0.800. The van der Waals surface area contributed by atoms with E-state index in [-0.39, 0.29) is 24.4 Å². The van der Waals surface area contributed by atoms with Crippen LogP contribution in [0, 0.1) is 0 Å². The lowest BCUT2D eigenvalue weighted by Gasteiger charge is -2.24. The van der Waals surface area contributed by atoms with Gasteiger partial charge in [-0.1, -0.05) is 0 Å². The molecule has 0 saturated carbocycles. The average molecular weight is 152 g/mol. The molecule has 0 radical (unpaired) electrons. The molecule has 1 aliphatic heterocycles. The second kappa shape index (κ2) is 3.69. The van der Waals surface area contributed by atoms with Gasteiger partial charge in [-0.25, -0.2) is 0 Å². The summed E-state index contributed by atoms with van der Waals surface area (Å²) in [7, 11) is 1.41. The summed E-state index contributed by atoms with van der Waals surface area (Å²) in [6, 6.07) is -0.0139. The van der Waals surface area contributed by atoms with Crippen LogP contribution in [0.2, 0.25) is 0 Å². The molecule has 1 saturated heterocycles. The third kappa shape index (κ3) is 1.84. The lowest BCUT2D eigenvalue weighted by molar-refractivity contribution is -0.144. The molecule has 0 amide bonds. The van der Waals surface area contributed by atoms with Gasteiger partial charge in [0, 0.05) is 0 Å². The summed E-state index contributed by atoms with van der Waals surface area (Å²) < 4.78 is 4.45. The zero-order valence-corrected chi connectivity index (χ0v) is 6.03. The summed E-state index contributed by atoms with van der Waals surface area (Å²) in [5.41, 5.74) is 0. The number of ether oxygens (including phenoxy) is 1. The molecule has 1 fully saturated rings. The van der Waals surface area contributed by atoms with Crippen LogP contribution < -0.4 is 5.32 Å². The standard InChI is InChI=1S/C5H9NO2.ClH/c1-8-5(7)4-2-3-6-4;/h4,6H,2-3H2,1H3;1H/t4-;/m1./s1. The molecule has 0 aliphatic carbocycles. The predicted octanol–water partition coefficient (Wildman–Crippen LogP) is -0.0569. The number of methoxy groups -OCH3 is 1. The maximum absolute atomic E-state index is 10.5. The maximum atomic E-state index is 10.5. The summed E-state index contributed by atoms with van der Waals surface area (Å²) in [5, 5.41) is 2.92. The third-order valence-electron chi connectivity index (χ3n) is 1.31. The number of hydrogen-bond acceptors (Lipinski definition) is 3. The summed E-state index contributed by atoms with van der Waals surface area (Å²) in [4.78, 5) is 10.5. The Morgan fingerprint density at radius 1 is 1.78 bits per heavy atom. The molecule has 9 heavy (non-hydrogen) atoms. The highest BCUT2D eigenvalue weighted by Crippen LogP contribution is 2.01. The Labute approximate surface area is 60.2 Å². The average Bonchev–Trinajstić information content (AvgIpc) is 1.62. The highest BCUT2D eigenvalue weighted by atomic mass is 35.5. The first-order chi connectivity index (χ1) is 3.84. The van der Waals surface area contributed by atoms with Crippen LogP contribution in [0.25, 0.3) is 0 Å². The minimum atomic E-state index is -0.142. The van der Waals surface area contributed by atoms with Crippen molar-refractivity contribution in [1.82, 2.24) is 5.32 Å². The molecule has 1 heterocycles. The van der Waals surface area contributed by atoms with Gasteiger partial charge in [-0.05, 0) is 13.0 Å². The van der Waals surface area contributed by atoms with Gasteiger partial charge in [0.1, 0.15) is 6.04 Å². The Morgan fingerprint density at radius 3 is 2.44 bits per heavy atom. The molecule has 3 nitrogen and oxygen atoms in total. The van der Waals surface area contributed by atoms with E-state index in [4.69, 9.17) is 0 Å². The predicted molar refractivity (Wildman–Crippen MR) is 35.7 cm³/mol. The van der Waals surface area contributed by atoms with Crippen LogP contribution in [-0.2, 0) is 9.53 Å². The normalized spacial score (nSPS) is 23.4. The Morgan fingerprint density at radius 2 is 2.33 bits per heavy atom. The summed E-state index contributed by atoms with van der Waals surface area (Å²) in [5.74, 6) is -0.142. The number of carbonyl (C=O) groups excluding carboxylic acids is 1. The molecular formula is C5H10ClNO2. The van der Waals surface area contributed by atoms with Crippen molar-refractivity contribution < 1.29 is 9.53 Å². The van der Waals surface area contributed by atoms with E-state index in [1.807, 2.05) is 0 Å². The first-order valence-corrected chi connectivity index (χ1v) is 2.66. The number of nitrogens with one attached hydrogen (secondary N) is 1. The van der Waals surface area contributed by atoms with Gasteiger partial charge in [0.25, 0.3) is 0 Å². The van der Waals surface area contributed by atoms with Crippen molar-refractivity contribution in [1.29, 1.82) is 0 Å². The van der Waals surface area contributed by atoms with E-state index in [0.29, 0.717) is 0 Å². The minimum Gasteiger partial charge on any atom is -0.468 e. The van der Waals surface area contributed by atoms with E-state index >= 15 is 0 Å². The number of hydrogen-bond donors (Lipinski definition) is 1. The molecule has 1 atom stereocenters. The molecule has 0 spiro atoms. The lowest BCUT2D eigenvalue weighted by Crippen LogP contribution is -2.48. The first kappa shape index (κ1) is 8.72. The van der Waals surface area contributed by atoms with Crippen molar-refractivity contribution >= 4 is 18.4 Å². The number of carbonyl (C=O) groups is 1. The topological polar surface area (TPSA) is 38.3 Å². The van der Waals surface area contributed by atoms with Gasteiger partial charge in [0.15, 0.2) is 0 Å². The van der Waals surface area contributed by atoms with Crippen LogP contribution in [0.1, 0.15) is 6.42 Å². The molecule has 1 N–H and O–H groups in total. The fourth-order valence-corrected chi connectivity index (χ4v) is 0.632. The van der Waals surface area contributed by atoms with Gasteiger partial charge in [-0.15, -0.1) is 12.4 Å².